The lowest BCUT2D eigenvalue weighted by Gasteiger charge is -2.07. The standard InChI is InChI=1S/C16H13ClFNO/c1-19-12(9-14-15(17)3-2-4-16(14)19)10-20-13-7-5-11(18)6-8-13/h2-9H,10H2,1H3. The molecular weight excluding hydrogens is 277 g/mol. The Kier molecular flexibility index (Phi) is 3.36. The first-order valence-electron chi connectivity index (χ1n) is 6.26. The first-order chi connectivity index (χ1) is 9.65. The molecule has 0 saturated heterocycles. The summed E-state index contributed by atoms with van der Waals surface area (Å²) in [6, 6.07) is 13.8. The lowest BCUT2D eigenvalue weighted by molar-refractivity contribution is 0.297. The van der Waals surface area contributed by atoms with E-state index in [1.807, 2.05) is 35.9 Å². The fraction of sp³-hybridized carbons (Fsp3) is 0.125. The third-order valence-electron chi connectivity index (χ3n) is 3.33. The number of benzene rings is 2. The van der Waals surface area contributed by atoms with Gasteiger partial charge in [-0.2, -0.15) is 0 Å². The molecule has 1 aromatic heterocycles. The molecule has 102 valence electrons. The molecule has 0 amide bonds. The molecule has 0 radical (unpaired) electrons. The Morgan fingerprint density at radius 3 is 2.60 bits per heavy atom. The highest BCUT2D eigenvalue weighted by atomic mass is 35.5. The van der Waals surface area contributed by atoms with E-state index < -0.39 is 0 Å². The number of fused-ring (bicyclic) bond motifs is 1. The molecule has 20 heavy (non-hydrogen) atoms. The van der Waals surface area contributed by atoms with E-state index in [0.29, 0.717) is 12.4 Å². The molecule has 3 rings (SSSR count). The topological polar surface area (TPSA) is 14.2 Å². The Hall–Kier alpha value is -2.00. The summed E-state index contributed by atoms with van der Waals surface area (Å²) in [4.78, 5) is 0. The van der Waals surface area contributed by atoms with Crippen LogP contribution in [0.5, 0.6) is 5.75 Å². The minimum atomic E-state index is -0.270. The molecule has 0 N–H and O–H groups in total. The van der Waals surface area contributed by atoms with Crippen molar-refractivity contribution in [3.8, 4) is 5.75 Å². The molecule has 0 saturated carbocycles. The highest BCUT2D eigenvalue weighted by Crippen LogP contribution is 2.26. The molecule has 0 atom stereocenters. The van der Waals surface area contributed by atoms with E-state index in [2.05, 4.69) is 0 Å². The number of hydrogen-bond acceptors (Lipinski definition) is 1. The van der Waals surface area contributed by atoms with E-state index in [9.17, 15) is 4.39 Å². The number of nitrogens with zero attached hydrogens (tertiary/aromatic N) is 1. The number of hydrogen-bond donors (Lipinski definition) is 0. The minimum Gasteiger partial charge on any atom is -0.487 e. The van der Waals surface area contributed by atoms with Crippen LogP contribution in [0.4, 0.5) is 4.39 Å². The summed E-state index contributed by atoms with van der Waals surface area (Å²) in [6.45, 7) is 0.410. The van der Waals surface area contributed by atoms with Crippen molar-refractivity contribution in [2.24, 2.45) is 7.05 Å². The second-order valence-electron chi connectivity index (χ2n) is 4.61. The van der Waals surface area contributed by atoms with Crippen molar-refractivity contribution in [3.63, 3.8) is 0 Å². The SMILES string of the molecule is Cn1c(COc2ccc(F)cc2)cc2c(Cl)cccc21. The molecule has 0 fully saturated rings. The maximum Gasteiger partial charge on any atom is 0.128 e. The molecule has 0 bridgehead atoms. The van der Waals surface area contributed by atoms with E-state index in [-0.39, 0.29) is 5.82 Å². The molecule has 2 nitrogen and oxygen atoms in total. The monoisotopic (exact) mass is 289 g/mol. The van der Waals surface area contributed by atoms with E-state index >= 15 is 0 Å². The fourth-order valence-electron chi connectivity index (χ4n) is 2.21. The zero-order chi connectivity index (χ0) is 14.1. The Balaban J connectivity index is 1.86. The fourth-order valence-corrected chi connectivity index (χ4v) is 2.43. The van der Waals surface area contributed by atoms with Crippen LogP contribution in [0.2, 0.25) is 5.02 Å². The van der Waals surface area contributed by atoms with Crippen molar-refractivity contribution >= 4 is 22.5 Å². The van der Waals surface area contributed by atoms with Crippen molar-refractivity contribution in [2.45, 2.75) is 6.61 Å². The van der Waals surface area contributed by atoms with Gasteiger partial charge in [-0.25, -0.2) is 4.39 Å². The highest BCUT2D eigenvalue weighted by molar-refractivity contribution is 6.35. The van der Waals surface area contributed by atoms with Gasteiger partial charge >= 0.3 is 0 Å². The van der Waals surface area contributed by atoms with Gasteiger partial charge in [-0.05, 0) is 42.5 Å². The Labute approximate surface area is 121 Å². The van der Waals surface area contributed by atoms with Gasteiger partial charge in [0.05, 0.1) is 5.69 Å². The van der Waals surface area contributed by atoms with Crippen LogP contribution in [0, 0.1) is 5.82 Å². The number of ether oxygens (including phenoxy) is 1. The summed E-state index contributed by atoms with van der Waals surface area (Å²) in [5, 5.41) is 1.74. The number of halogens is 2. The quantitative estimate of drug-likeness (QED) is 0.690. The Bertz CT molecular complexity index is 749. The van der Waals surface area contributed by atoms with Crippen LogP contribution in [0.15, 0.2) is 48.5 Å². The van der Waals surface area contributed by atoms with Gasteiger partial charge < -0.3 is 9.30 Å². The van der Waals surface area contributed by atoms with Crippen LogP contribution in [-0.4, -0.2) is 4.57 Å². The average molecular weight is 290 g/mol. The predicted octanol–water partition coefficient (Wildman–Crippen LogP) is 4.55. The minimum absolute atomic E-state index is 0.270. The normalized spacial score (nSPS) is 10.9. The zero-order valence-electron chi connectivity index (χ0n) is 10.9. The summed E-state index contributed by atoms with van der Waals surface area (Å²) in [5.74, 6) is 0.372. The molecule has 0 aliphatic heterocycles. The summed E-state index contributed by atoms with van der Waals surface area (Å²) in [5.41, 5.74) is 2.08. The van der Waals surface area contributed by atoms with E-state index in [0.717, 1.165) is 21.6 Å². The van der Waals surface area contributed by atoms with Gasteiger partial charge in [0, 0.05) is 23.0 Å². The molecule has 3 aromatic rings. The first kappa shape index (κ1) is 13.0. The smallest absolute Gasteiger partial charge is 0.128 e. The summed E-state index contributed by atoms with van der Waals surface area (Å²) < 4.78 is 20.5. The van der Waals surface area contributed by atoms with Crippen LogP contribution in [0.25, 0.3) is 10.9 Å². The maximum atomic E-state index is 12.8. The van der Waals surface area contributed by atoms with Gasteiger partial charge in [-0.1, -0.05) is 17.7 Å². The molecule has 0 unspecified atom stereocenters. The van der Waals surface area contributed by atoms with Crippen molar-refractivity contribution in [1.29, 1.82) is 0 Å². The first-order valence-corrected chi connectivity index (χ1v) is 6.64. The van der Waals surface area contributed by atoms with Crippen LogP contribution in [0.3, 0.4) is 0 Å². The zero-order valence-corrected chi connectivity index (χ0v) is 11.7. The third kappa shape index (κ3) is 2.37. The lowest BCUT2D eigenvalue weighted by atomic mass is 10.2. The summed E-state index contributed by atoms with van der Waals surface area (Å²) in [7, 11) is 1.97. The number of rotatable bonds is 3. The number of aromatic nitrogens is 1. The molecule has 2 aromatic carbocycles. The van der Waals surface area contributed by atoms with Crippen molar-refractivity contribution < 1.29 is 9.13 Å². The molecule has 0 aliphatic rings. The van der Waals surface area contributed by atoms with Gasteiger partial charge in [-0.15, -0.1) is 0 Å². The Morgan fingerprint density at radius 1 is 1.15 bits per heavy atom. The molecule has 1 heterocycles. The molecular formula is C16H13ClFNO. The van der Waals surface area contributed by atoms with Gasteiger partial charge in [0.25, 0.3) is 0 Å². The van der Waals surface area contributed by atoms with Crippen LogP contribution in [0.1, 0.15) is 5.69 Å². The van der Waals surface area contributed by atoms with Crippen LogP contribution in [-0.2, 0) is 13.7 Å². The molecule has 0 aliphatic carbocycles. The highest BCUT2D eigenvalue weighted by Gasteiger charge is 2.08. The second-order valence-corrected chi connectivity index (χ2v) is 5.02. The molecule has 4 heteroatoms. The third-order valence-corrected chi connectivity index (χ3v) is 3.66. The van der Waals surface area contributed by atoms with E-state index in [4.69, 9.17) is 16.3 Å². The lowest BCUT2D eigenvalue weighted by Crippen LogP contribution is -2.01. The van der Waals surface area contributed by atoms with Gasteiger partial charge in [0.2, 0.25) is 0 Å². The number of aryl methyl sites for hydroxylation is 1. The second kappa shape index (κ2) is 5.17. The van der Waals surface area contributed by atoms with Crippen LogP contribution < -0.4 is 4.74 Å². The van der Waals surface area contributed by atoms with Gasteiger partial charge in [0.1, 0.15) is 18.2 Å². The van der Waals surface area contributed by atoms with Gasteiger partial charge in [0.15, 0.2) is 0 Å². The van der Waals surface area contributed by atoms with Crippen LogP contribution >= 0.6 is 11.6 Å². The van der Waals surface area contributed by atoms with E-state index in [1.165, 1.54) is 12.1 Å². The molecule has 0 spiro atoms. The van der Waals surface area contributed by atoms with Crippen molar-refractivity contribution in [2.75, 3.05) is 0 Å². The summed E-state index contributed by atoms with van der Waals surface area (Å²) >= 11 is 6.18. The van der Waals surface area contributed by atoms with Gasteiger partial charge in [-0.3, -0.25) is 0 Å². The Morgan fingerprint density at radius 2 is 1.90 bits per heavy atom. The van der Waals surface area contributed by atoms with E-state index in [1.54, 1.807) is 12.1 Å². The van der Waals surface area contributed by atoms with Crippen molar-refractivity contribution in [1.82, 2.24) is 4.57 Å². The predicted molar refractivity (Wildman–Crippen MR) is 78.7 cm³/mol. The largest absolute Gasteiger partial charge is 0.487 e. The average Bonchev–Trinajstić information content (AvgIpc) is 2.77. The maximum absolute atomic E-state index is 12.8. The summed E-state index contributed by atoms with van der Waals surface area (Å²) in [6.07, 6.45) is 0. The van der Waals surface area contributed by atoms with Crippen molar-refractivity contribution in [3.05, 3.63) is 65.1 Å².